The van der Waals surface area contributed by atoms with Crippen molar-refractivity contribution in [1.82, 2.24) is 4.98 Å². The van der Waals surface area contributed by atoms with Crippen LogP contribution in [0.15, 0.2) is 47.6 Å². The van der Waals surface area contributed by atoms with Gasteiger partial charge in [-0.3, -0.25) is 4.98 Å². The lowest BCUT2D eigenvalue weighted by Gasteiger charge is -2.11. The van der Waals surface area contributed by atoms with Crippen LogP contribution in [0.25, 0.3) is 0 Å². The number of pyridine rings is 1. The van der Waals surface area contributed by atoms with Crippen LogP contribution in [-0.4, -0.2) is 10.7 Å². The van der Waals surface area contributed by atoms with Crippen LogP contribution in [-0.2, 0) is 6.54 Å². The van der Waals surface area contributed by atoms with Crippen molar-refractivity contribution in [2.75, 3.05) is 5.32 Å². The fraction of sp³-hybridized carbons (Fsp3) is 0.154. The van der Waals surface area contributed by atoms with Gasteiger partial charge in [0, 0.05) is 29.5 Å². The monoisotopic (exact) mass is 300 g/mol. The Hall–Kier alpha value is -1.33. The zero-order valence-electron chi connectivity index (χ0n) is 9.82. The molecule has 0 amide bonds. The third kappa shape index (κ3) is 4.08. The number of thioether (sulfide) groups is 1. The molecular weight excluding hydrogens is 290 g/mol. The molecule has 6 heteroatoms. The fourth-order valence-corrected chi connectivity index (χ4v) is 2.35. The first-order chi connectivity index (χ1) is 9.16. The first-order valence-corrected chi connectivity index (χ1v) is 6.78. The van der Waals surface area contributed by atoms with E-state index in [4.69, 9.17) is 11.6 Å². The number of hydrogen-bond donors (Lipinski definition) is 1. The molecule has 0 aliphatic heterocycles. The van der Waals surface area contributed by atoms with Gasteiger partial charge in [0.2, 0.25) is 0 Å². The van der Waals surface area contributed by atoms with Gasteiger partial charge < -0.3 is 5.32 Å². The van der Waals surface area contributed by atoms with Crippen LogP contribution in [0.5, 0.6) is 0 Å². The maximum Gasteiger partial charge on any atom is 0.288 e. The van der Waals surface area contributed by atoms with Crippen molar-refractivity contribution in [2.24, 2.45) is 0 Å². The fourth-order valence-electron chi connectivity index (χ4n) is 1.55. The zero-order chi connectivity index (χ0) is 13.7. The third-order valence-electron chi connectivity index (χ3n) is 2.43. The van der Waals surface area contributed by atoms with Gasteiger partial charge in [0.1, 0.15) is 0 Å². The highest BCUT2D eigenvalue weighted by molar-refractivity contribution is 7.99. The van der Waals surface area contributed by atoms with E-state index in [0.717, 1.165) is 5.56 Å². The van der Waals surface area contributed by atoms with Gasteiger partial charge in [0.15, 0.2) is 0 Å². The Balaban J connectivity index is 2.09. The van der Waals surface area contributed by atoms with E-state index in [2.05, 4.69) is 10.3 Å². The molecule has 1 N–H and O–H groups in total. The van der Waals surface area contributed by atoms with Crippen molar-refractivity contribution in [3.63, 3.8) is 0 Å². The number of alkyl halides is 2. The number of halogens is 3. The van der Waals surface area contributed by atoms with Gasteiger partial charge in [-0.1, -0.05) is 35.5 Å². The summed E-state index contributed by atoms with van der Waals surface area (Å²) >= 11 is 6.51. The smallest absolute Gasteiger partial charge is 0.288 e. The lowest BCUT2D eigenvalue weighted by atomic mass is 10.2. The van der Waals surface area contributed by atoms with Crippen LogP contribution in [0.3, 0.4) is 0 Å². The molecule has 0 fully saturated rings. The Labute approximate surface area is 119 Å². The van der Waals surface area contributed by atoms with Gasteiger partial charge in [-0.25, -0.2) is 0 Å². The minimum atomic E-state index is -2.44. The van der Waals surface area contributed by atoms with Gasteiger partial charge in [-0.2, -0.15) is 8.78 Å². The normalized spacial score (nSPS) is 10.7. The molecule has 100 valence electrons. The molecule has 19 heavy (non-hydrogen) atoms. The first kappa shape index (κ1) is 14.1. The molecule has 0 atom stereocenters. The molecular formula is C13H11ClF2N2S. The molecule has 0 radical (unpaired) electrons. The van der Waals surface area contributed by atoms with Crippen LogP contribution < -0.4 is 5.32 Å². The molecule has 0 saturated carbocycles. The minimum Gasteiger partial charge on any atom is -0.380 e. The maximum absolute atomic E-state index is 12.4. The molecule has 0 aliphatic carbocycles. The summed E-state index contributed by atoms with van der Waals surface area (Å²) in [6, 6.07) is 8.74. The summed E-state index contributed by atoms with van der Waals surface area (Å²) in [6.07, 6.45) is 3.20. The van der Waals surface area contributed by atoms with Gasteiger partial charge in [0.25, 0.3) is 5.76 Å². The molecule has 0 spiro atoms. The second kappa shape index (κ2) is 6.73. The summed E-state index contributed by atoms with van der Waals surface area (Å²) in [5.74, 6) is -2.44. The average Bonchev–Trinajstić information content (AvgIpc) is 2.39. The molecule has 1 aromatic heterocycles. The van der Waals surface area contributed by atoms with E-state index in [0.29, 0.717) is 33.9 Å². The summed E-state index contributed by atoms with van der Waals surface area (Å²) < 4.78 is 24.9. The molecule has 1 aromatic carbocycles. The number of aromatic nitrogens is 1. The second-order valence-electron chi connectivity index (χ2n) is 3.70. The van der Waals surface area contributed by atoms with Crippen LogP contribution >= 0.6 is 23.4 Å². The predicted octanol–water partition coefficient (Wildman–Crippen LogP) is 4.66. The highest BCUT2D eigenvalue weighted by Gasteiger charge is 2.09. The van der Waals surface area contributed by atoms with Crippen LogP contribution in [0, 0.1) is 0 Å². The predicted molar refractivity (Wildman–Crippen MR) is 74.9 cm³/mol. The quantitative estimate of drug-likeness (QED) is 0.813. The lowest BCUT2D eigenvalue weighted by Crippen LogP contribution is -2.01. The van der Waals surface area contributed by atoms with E-state index in [1.54, 1.807) is 42.7 Å². The van der Waals surface area contributed by atoms with Crippen LogP contribution in [0.4, 0.5) is 14.5 Å². The van der Waals surface area contributed by atoms with E-state index in [9.17, 15) is 8.78 Å². The number of nitrogens with zero attached hydrogens (tertiary/aromatic N) is 1. The summed E-state index contributed by atoms with van der Waals surface area (Å²) in [4.78, 5) is 4.41. The second-order valence-corrected chi connectivity index (χ2v) is 5.13. The number of para-hydroxylation sites is 1. The summed E-state index contributed by atoms with van der Waals surface area (Å²) in [6.45, 7) is 0.460. The largest absolute Gasteiger partial charge is 0.380 e. The van der Waals surface area contributed by atoms with Gasteiger partial charge in [-0.15, -0.1) is 0 Å². The summed E-state index contributed by atoms with van der Waals surface area (Å²) in [5, 5.41) is 3.66. The molecule has 2 rings (SSSR count). The van der Waals surface area contributed by atoms with E-state index in [-0.39, 0.29) is 0 Å². The Morgan fingerprint density at radius 1 is 1.26 bits per heavy atom. The average molecular weight is 301 g/mol. The topological polar surface area (TPSA) is 24.9 Å². The van der Waals surface area contributed by atoms with E-state index in [1.165, 1.54) is 0 Å². The number of hydrogen-bond acceptors (Lipinski definition) is 3. The summed E-state index contributed by atoms with van der Waals surface area (Å²) in [7, 11) is 0. The number of rotatable bonds is 5. The molecule has 0 unspecified atom stereocenters. The Kier molecular flexibility index (Phi) is 4.99. The molecule has 0 saturated heterocycles. The van der Waals surface area contributed by atoms with E-state index >= 15 is 0 Å². The Morgan fingerprint density at radius 2 is 2.05 bits per heavy atom. The van der Waals surface area contributed by atoms with Crippen molar-refractivity contribution < 1.29 is 8.78 Å². The van der Waals surface area contributed by atoms with Crippen molar-refractivity contribution in [2.45, 2.75) is 17.2 Å². The molecule has 0 aliphatic rings. The lowest BCUT2D eigenvalue weighted by molar-refractivity contribution is 0.252. The van der Waals surface area contributed by atoms with Gasteiger partial charge >= 0.3 is 0 Å². The molecule has 2 aromatic rings. The van der Waals surface area contributed by atoms with Crippen molar-refractivity contribution in [3.05, 3.63) is 53.3 Å². The number of nitrogens with one attached hydrogen (secondary N) is 1. The molecule has 0 bridgehead atoms. The van der Waals surface area contributed by atoms with Gasteiger partial charge in [-0.05, 0) is 23.8 Å². The standard InChI is InChI=1S/C13H11ClF2N2S/c14-10-8-17-6-5-9(10)7-18-11-3-1-2-4-12(11)19-13(15)16/h1-6,8,13,18H,7H2. The number of benzene rings is 1. The van der Waals surface area contributed by atoms with E-state index < -0.39 is 5.76 Å². The van der Waals surface area contributed by atoms with E-state index in [1.807, 2.05) is 0 Å². The third-order valence-corrected chi connectivity index (χ3v) is 3.56. The summed E-state index contributed by atoms with van der Waals surface area (Å²) in [5.41, 5.74) is 1.54. The van der Waals surface area contributed by atoms with Crippen molar-refractivity contribution in [1.29, 1.82) is 0 Å². The minimum absolute atomic E-state index is 0.460. The highest BCUT2D eigenvalue weighted by Crippen LogP contribution is 2.32. The van der Waals surface area contributed by atoms with Crippen LogP contribution in [0.2, 0.25) is 5.02 Å². The zero-order valence-corrected chi connectivity index (χ0v) is 11.4. The Bertz CT molecular complexity index is 552. The van der Waals surface area contributed by atoms with Crippen LogP contribution in [0.1, 0.15) is 5.56 Å². The van der Waals surface area contributed by atoms with Crippen molar-refractivity contribution >= 4 is 29.1 Å². The Morgan fingerprint density at radius 3 is 2.79 bits per heavy atom. The van der Waals surface area contributed by atoms with Crippen molar-refractivity contribution in [3.8, 4) is 0 Å². The van der Waals surface area contributed by atoms with Gasteiger partial charge in [0.05, 0.1) is 5.02 Å². The number of anilines is 1. The highest BCUT2D eigenvalue weighted by atomic mass is 35.5. The molecule has 1 heterocycles. The molecule has 2 nitrogen and oxygen atoms in total. The first-order valence-electron chi connectivity index (χ1n) is 5.53. The maximum atomic E-state index is 12.4. The SMILES string of the molecule is FC(F)Sc1ccccc1NCc1ccncc1Cl.